The third-order valence-electron chi connectivity index (χ3n) is 2.71. The summed E-state index contributed by atoms with van der Waals surface area (Å²) in [4.78, 5) is 14.9. The summed E-state index contributed by atoms with van der Waals surface area (Å²) >= 11 is 0. The molecule has 0 atom stereocenters. The van der Waals surface area contributed by atoms with Crippen LogP contribution in [0.5, 0.6) is 5.75 Å². The molecule has 1 heterocycles. The number of carboxylic acids is 1. The second kappa shape index (κ2) is 5.36. The summed E-state index contributed by atoms with van der Waals surface area (Å²) in [5.74, 6) is -1.72. The second-order valence-corrected chi connectivity index (χ2v) is 3.85. The number of carbonyl (C=O) groups is 1. The predicted octanol–water partition coefficient (Wildman–Crippen LogP) is 2.47. The molecular formula is C14H9FN2O3. The van der Waals surface area contributed by atoms with E-state index in [1.165, 1.54) is 31.4 Å². The number of ether oxygens (including phenoxy) is 1. The smallest absolute Gasteiger partial charge is 0.337 e. The lowest BCUT2D eigenvalue weighted by molar-refractivity contribution is 0.0697. The molecule has 5 nitrogen and oxygen atoms in total. The molecule has 0 saturated heterocycles. The lowest BCUT2D eigenvalue weighted by atomic mass is 9.99. The van der Waals surface area contributed by atoms with Crippen LogP contribution in [0.15, 0.2) is 30.5 Å². The predicted molar refractivity (Wildman–Crippen MR) is 67.9 cm³/mol. The van der Waals surface area contributed by atoms with Crippen LogP contribution in [0.4, 0.5) is 4.39 Å². The molecule has 0 saturated carbocycles. The first kappa shape index (κ1) is 13.5. The van der Waals surface area contributed by atoms with Gasteiger partial charge in [-0.25, -0.2) is 14.2 Å². The molecule has 0 radical (unpaired) electrons. The lowest BCUT2D eigenvalue weighted by Crippen LogP contribution is -2.04. The number of halogens is 1. The molecule has 1 N–H and O–H groups in total. The molecule has 0 aliphatic carbocycles. The van der Waals surface area contributed by atoms with Crippen molar-refractivity contribution in [2.24, 2.45) is 0 Å². The molecule has 0 spiro atoms. The molecule has 0 unspecified atom stereocenters. The molecule has 0 fully saturated rings. The fraction of sp³-hybridized carbons (Fsp3) is 0.0714. The Balaban J connectivity index is 2.81. The minimum atomic E-state index is -1.26. The van der Waals surface area contributed by atoms with E-state index in [2.05, 4.69) is 4.98 Å². The van der Waals surface area contributed by atoms with Gasteiger partial charge in [0.2, 0.25) is 0 Å². The van der Waals surface area contributed by atoms with E-state index < -0.39 is 11.8 Å². The van der Waals surface area contributed by atoms with Crippen LogP contribution in [0.2, 0.25) is 0 Å². The maximum Gasteiger partial charge on any atom is 0.337 e. The maximum atomic E-state index is 14.0. The van der Waals surface area contributed by atoms with Crippen molar-refractivity contribution in [3.63, 3.8) is 0 Å². The lowest BCUT2D eigenvalue weighted by Gasteiger charge is -2.12. The molecule has 6 heteroatoms. The van der Waals surface area contributed by atoms with Gasteiger partial charge in [0.25, 0.3) is 0 Å². The van der Waals surface area contributed by atoms with Crippen LogP contribution in [-0.2, 0) is 0 Å². The van der Waals surface area contributed by atoms with E-state index in [9.17, 15) is 9.18 Å². The van der Waals surface area contributed by atoms with Crippen LogP contribution in [0.1, 0.15) is 16.1 Å². The molecule has 2 rings (SSSR count). The van der Waals surface area contributed by atoms with Gasteiger partial charge in [-0.2, -0.15) is 5.26 Å². The van der Waals surface area contributed by atoms with Crippen molar-refractivity contribution in [2.45, 2.75) is 0 Å². The van der Waals surface area contributed by atoms with E-state index in [1.54, 1.807) is 6.07 Å². The highest BCUT2D eigenvalue weighted by Crippen LogP contribution is 2.34. The number of hydrogen-bond donors (Lipinski definition) is 1. The zero-order chi connectivity index (χ0) is 14.7. The van der Waals surface area contributed by atoms with Gasteiger partial charge in [-0.3, -0.25) is 0 Å². The maximum absolute atomic E-state index is 14.0. The minimum absolute atomic E-state index is 0.00435. The van der Waals surface area contributed by atoms with Crippen LogP contribution < -0.4 is 4.74 Å². The Kier molecular flexibility index (Phi) is 3.62. The number of methoxy groups -OCH3 is 1. The van der Waals surface area contributed by atoms with Crippen LogP contribution in [0.3, 0.4) is 0 Å². The second-order valence-electron chi connectivity index (χ2n) is 3.85. The van der Waals surface area contributed by atoms with Crippen LogP contribution in [-0.4, -0.2) is 23.2 Å². The number of benzene rings is 1. The fourth-order valence-corrected chi connectivity index (χ4v) is 1.83. The zero-order valence-corrected chi connectivity index (χ0v) is 10.4. The van der Waals surface area contributed by atoms with Gasteiger partial charge in [0.1, 0.15) is 23.3 Å². The summed E-state index contributed by atoms with van der Waals surface area (Å²) in [5.41, 5.74) is -0.159. The topological polar surface area (TPSA) is 83.2 Å². The first-order valence-electron chi connectivity index (χ1n) is 5.54. The average Bonchev–Trinajstić information content (AvgIpc) is 2.46. The van der Waals surface area contributed by atoms with Crippen molar-refractivity contribution >= 4 is 5.97 Å². The van der Waals surface area contributed by atoms with Crippen LogP contribution in [0, 0.1) is 17.1 Å². The van der Waals surface area contributed by atoms with Gasteiger partial charge >= 0.3 is 5.97 Å². The molecule has 0 bridgehead atoms. The zero-order valence-electron chi connectivity index (χ0n) is 10.4. The van der Waals surface area contributed by atoms with Crippen molar-refractivity contribution in [1.82, 2.24) is 4.98 Å². The van der Waals surface area contributed by atoms with Gasteiger partial charge in [0.15, 0.2) is 0 Å². The Morgan fingerprint density at radius 2 is 2.25 bits per heavy atom. The largest absolute Gasteiger partial charge is 0.496 e. The van der Waals surface area contributed by atoms with E-state index in [4.69, 9.17) is 15.1 Å². The standard InChI is InChI=1S/C14H9FN2O3/c1-20-12-4-2-3-11(15)13(12)9-5-8(6-16)17-7-10(9)14(18)19/h2-5,7H,1H3,(H,18,19). The van der Waals surface area contributed by atoms with Crippen LogP contribution in [0.25, 0.3) is 11.1 Å². The highest BCUT2D eigenvalue weighted by atomic mass is 19.1. The van der Waals surface area contributed by atoms with Gasteiger partial charge in [-0.05, 0) is 18.2 Å². The van der Waals surface area contributed by atoms with Gasteiger partial charge in [0, 0.05) is 11.8 Å². The van der Waals surface area contributed by atoms with Gasteiger partial charge in [0.05, 0.1) is 18.2 Å². The number of rotatable bonds is 3. The Hall–Kier alpha value is -2.94. The number of nitriles is 1. The average molecular weight is 272 g/mol. The highest BCUT2D eigenvalue weighted by molar-refractivity contribution is 5.97. The summed E-state index contributed by atoms with van der Waals surface area (Å²) < 4.78 is 19.1. The number of aromatic carboxylic acids is 1. The molecular weight excluding hydrogens is 263 g/mol. The number of nitrogens with zero attached hydrogens (tertiary/aromatic N) is 2. The summed E-state index contributed by atoms with van der Waals surface area (Å²) in [5, 5.41) is 18.0. The summed E-state index contributed by atoms with van der Waals surface area (Å²) in [6.45, 7) is 0. The van der Waals surface area contributed by atoms with E-state index in [0.29, 0.717) is 0 Å². The van der Waals surface area contributed by atoms with Crippen molar-refractivity contribution in [1.29, 1.82) is 5.26 Å². The van der Waals surface area contributed by atoms with Crippen molar-refractivity contribution < 1.29 is 19.0 Å². The van der Waals surface area contributed by atoms with E-state index in [0.717, 1.165) is 6.20 Å². The third kappa shape index (κ3) is 2.29. The SMILES string of the molecule is COc1cccc(F)c1-c1cc(C#N)ncc1C(=O)O. The fourth-order valence-electron chi connectivity index (χ4n) is 1.83. The molecule has 0 aliphatic rings. The molecule has 0 aliphatic heterocycles. The van der Waals surface area contributed by atoms with Gasteiger partial charge in [-0.15, -0.1) is 0 Å². The minimum Gasteiger partial charge on any atom is -0.496 e. The summed E-state index contributed by atoms with van der Waals surface area (Å²) in [7, 11) is 1.35. The monoisotopic (exact) mass is 272 g/mol. The molecule has 100 valence electrons. The normalized spacial score (nSPS) is 9.85. The summed E-state index contributed by atoms with van der Waals surface area (Å²) in [6, 6.07) is 7.17. The van der Waals surface area contributed by atoms with Crippen molar-refractivity contribution in [2.75, 3.05) is 7.11 Å². The molecule has 1 aromatic heterocycles. The van der Waals surface area contributed by atoms with Crippen molar-refractivity contribution in [3.8, 4) is 22.9 Å². The van der Waals surface area contributed by atoms with E-state index in [-0.39, 0.29) is 28.1 Å². The quantitative estimate of drug-likeness (QED) is 0.927. The molecule has 0 amide bonds. The first-order valence-corrected chi connectivity index (χ1v) is 5.54. The van der Waals surface area contributed by atoms with E-state index >= 15 is 0 Å². The van der Waals surface area contributed by atoms with Crippen LogP contribution >= 0.6 is 0 Å². The van der Waals surface area contributed by atoms with Gasteiger partial charge < -0.3 is 9.84 Å². The number of carboxylic acid groups (broad SMARTS) is 1. The molecule has 1 aromatic carbocycles. The van der Waals surface area contributed by atoms with Crippen molar-refractivity contribution in [3.05, 3.63) is 47.5 Å². The summed E-state index contributed by atoms with van der Waals surface area (Å²) in [6.07, 6.45) is 1.03. The van der Waals surface area contributed by atoms with E-state index in [1.807, 2.05) is 0 Å². The third-order valence-corrected chi connectivity index (χ3v) is 2.71. The Morgan fingerprint density at radius 1 is 1.50 bits per heavy atom. The highest BCUT2D eigenvalue weighted by Gasteiger charge is 2.20. The van der Waals surface area contributed by atoms with Gasteiger partial charge in [-0.1, -0.05) is 6.07 Å². The number of aromatic nitrogens is 1. The molecule has 20 heavy (non-hydrogen) atoms. The Labute approximate surface area is 113 Å². The molecule has 2 aromatic rings. The first-order chi connectivity index (χ1) is 9.58. The number of hydrogen-bond acceptors (Lipinski definition) is 4. The Morgan fingerprint density at radius 3 is 2.85 bits per heavy atom. The number of pyridine rings is 1. The Bertz CT molecular complexity index is 723.